The van der Waals surface area contributed by atoms with Crippen LogP contribution < -0.4 is 0 Å². The Kier molecular flexibility index (Phi) is 4.76. The zero-order valence-corrected chi connectivity index (χ0v) is 13.3. The molecular weight excluding hydrogens is 272 g/mol. The number of alkyl halides is 1. The summed E-state index contributed by atoms with van der Waals surface area (Å²) in [6.07, 6.45) is 1.66. The molecule has 20 heavy (non-hydrogen) atoms. The summed E-state index contributed by atoms with van der Waals surface area (Å²) in [4.78, 5) is 9.24. The highest BCUT2D eigenvalue weighted by atomic mass is 35.5. The number of aromatic nitrogens is 4. The lowest BCUT2D eigenvalue weighted by molar-refractivity contribution is 0.743. The van der Waals surface area contributed by atoms with E-state index >= 15 is 0 Å². The fraction of sp³-hybridized carbons (Fsp3) is 0.533. The van der Waals surface area contributed by atoms with Crippen LogP contribution in [-0.4, -0.2) is 19.7 Å². The normalized spacial score (nSPS) is 11.3. The molecule has 0 saturated carbocycles. The van der Waals surface area contributed by atoms with Crippen LogP contribution in [0.25, 0.3) is 5.82 Å². The van der Waals surface area contributed by atoms with Crippen molar-refractivity contribution in [3.8, 4) is 5.82 Å². The second kappa shape index (κ2) is 6.35. The third kappa shape index (κ3) is 3.01. The van der Waals surface area contributed by atoms with Gasteiger partial charge in [-0.15, -0.1) is 16.7 Å². The van der Waals surface area contributed by atoms with Crippen LogP contribution in [0.15, 0.2) is 12.1 Å². The molecule has 5 heteroatoms. The van der Waals surface area contributed by atoms with Gasteiger partial charge in [0.1, 0.15) is 5.82 Å². The van der Waals surface area contributed by atoms with Crippen molar-refractivity contribution in [1.82, 2.24) is 19.7 Å². The summed E-state index contributed by atoms with van der Waals surface area (Å²) in [7, 11) is 0. The zero-order valence-electron chi connectivity index (χ0n) is 12.5. The predicted octanol–water partition coefficient (Wildman–Crippen LogP) is 3.65. The van der Waals surface area contributed by atoms with Gasteiger partial charge in [-0.2, -0.15) is 4.68 Å². The van der Waals surface area contributed by atoms with Gasteiger partial charge in [0.05, 0.1) is 0 Å². The monoisotopic (exact) mass is 292 g/mol. The van der Waals surface area contributed by atoms with Gasteiger partial charge in [0.15, 0.2) is 11.6 Å². The van der Waals surface area contributed by atoms with E-state index in [4.69, 9.17) is 16.6 Å². The van der Waals surface area contributed by atoms with Gasteiger partial charge in [-0.05, 0) is 23.6 Å². The second-order valence-corrected chi connectivity index (χ2v) is 5.38. The van der Waals surface area contributed by atoms with Gasteiger partial charge in [0, 0.05) is 24.4 Å². The highest BCUT2D eigenvalue weighted by Crippen LogP contribution is 2.19. The number of rotatable bonds is 5. The van der Waals surface area contributed by atoms with Crippen LogP contribution in [0, 0.1) is 0 Å². The lowest BCUT2D eigenvalue weighted by Gasteiger charge is -2.11. The van der Waals surface area contributed by atoms with Crippen molar-refractivity contribution >= 4 is 11.6 Å². The summed E-state index contributed by atoms with van der Waals surface area (Å²) in [5.74, 6) is 3.44. The summed E-state index contributed by atoms with van der Waals surface area (Å²) in [6, 6.07) is 4.05. The van der Waals surface area contributed by atoms with Crippen LogP contribution in [0.2, 0.25) is 0 Å². The third-order valence-corrected chi connectivity index (χ3v) is 3.51. The Morgan fingerprint density at radius 3 is 2.45 bits per heavy atom. The van der Waals surface area contributed by atoms with E-state index in [0.717, 1.165) is 41.6 Å². The molecule has 0 aromatic carbocycles. The highest BCUT2D eigenvalue weighted by Gasteiger charge is 2.13. The number of aryl methyl sites for hydroxylation is 2. The molecule has 0 aliphatic rings. The summed E-state index contributed by atoms with van der Waals surface area (Å²) < 4.78 is 1.85. The maximum Gasteiger partial charge on any atom is 0.156 e. The number of hydrogen-bond donors (Lipinski definition) is 0. The van der Waals surface area contributed by atoms with Crippen molar-refractivity contribution in [2.45, 2.75) is 52.3 Å². The van der Waals surface area contributed by atoms with Crippen LogP contribution in [0.1, 0.15) is 56.5 Å². The largest absolute Gasteiger partial charge is 0.233 e. The smallest absolute Gasteiger partial charge is 0.156 e. The van der Waals surface area contributed by atoms with Gasteiger partial charge >= 0.3 is 0 Å². The maximum atomic E-state index is 6.00. The molecule has 0 unspecified atom stereocenters. The number of halogens is 1. The molecule has 0 N–H and O–H groups in total. The Morgan fingerprint density at radius 2 is 1.90 bits per heavy atom. The maximum absolute atomic E-state index is 6.00. The van der Waals surface area contributed by atoms with Crippen molar-refractivity contribution < 1.29 is 0 Å². The van der Waals surface area contributed by atoms with Gasteiger partial charge in [0.25, 0.3) is 0 Å². The molecule has 0 aliphatic heterocycles. The molecule has 2 aromatic rings. The lowest BCUT2D eigenvalue weighted by atomic mass is 10.1. The summed E-state index contributed by atoms with van der Waals surface area (Å²) in [5, 5.41) is 4.55. The number of nitrogens with zero attached hydrogens (tertiary/aromatic N) is 4. The van der Waals surface area contributed by atoms with Crippen LogP contribution in [0.3, 0.4) is 0 Å². The van der Waals surface area contributed by atoms with Crippen LogP contribution in [-0.2, 0) is 18.7 Å². The molecule has 2 aromatic heterocycles. The molecule has 0 aliphatic carbocycles. The Morgan fingerprint density at radius 1 is 1.15 bits per heavy atom. The van der Waals surface area contributed by atoms with E-state index in [-0.39, 0.29) is 0 Å². The molecule has 4 nitrogen and oxygen atoms in total. The Bertz CT molecular complexity index is 590. The van der Waals surface area contributed by atoms with Crippen molar-refractivity contribution in [3.63, 3.8) is 0 Å². The molecule has 0 fully saturated rings. The van der Waals surface area contributed by atoms with E-state index < -0.39 is 0 Å². The van der Waals surface area contributed by atoms with E-state index in [9.17, 15) is 0 Å². The molecule has 2 rings (SSSR count). The first kappa shape index (κ1) is 15.0. The minimum atomic E-state index is 0.358. The van der Waals surface area contributed by atoms with Gasteiger partial charge < -0.3 is 0 Å². The van der Waals surface area contributed by atoms with E-state index in [2.05, 4.69) is 43.8 Å². The Balaban J connectivity index is 2.56. The minimum absolute atomic E-state index is 0.358. The Hall–Kier alpha value is -1.42. The third-order valence-electron chi connectivity index (χ3n) is 3.20. The first-order valence-electron chi connectivity index (χ1n) is 7.11. The van der Waals surface area contributed by atoms with Crippen molar-refractivity contribution in [3.05, 3.63) is 35.0 Å². The molecule has 0 atom stereocenters. The van der Waals surface area contributed by atoms with Gasteiger partial charge in [-0.3, -0.25) is 0 Å². The van der Waals surface area contributed by atoms with Crippen LogP contribution in [0.4, 0.5) is 0 Å². The fourth-order valence-electron chi connectivity index (χ4n) is 2.03. The standard InChI is InChI=1S/C15H21ClN4/c1-5-13-18-14(6-2)20(19-13)15-8-11(9-16)7-12(17-15)10(3)4/h7-8,10H,5-6,9H2,1-4H3. The molecule has 2 heterocycles. The van der Waals surface area contributed by atoms with Gasteiger partial charge in [0.2, 0.25) is 0 Å². The zero-order chi connectivity index (χ0) is 14.7. The van der Waals surface area contributed by atoms with Crippen molar-refractivity contribution in [2.75, 3.05) is 0 Å². The molecule has 0 radical (unpaired) electrons. The van der Waals surface area contributed by atoms with E-state index in [0.29, 0.717) is 11.8 Å². The van der Waals surface area contributed by atoms with E-state index in [1.807, 2.05) is 10.7 Å². The first-order valence-corrected chi connectivity index (χ1v) is 7.64. The molecule has 0 spiro atoms. The average molecular weight is 293 g/mol. The quantitative estimate of drug-likeness (QED) is 0.790. The molecule has 0 amide bonds. The van der Waals surface area contributed by atoms with Crippen molar-refractivity contribution in [2.24, 2.45) is 0 Å². The van der Waals surface area contributed by atoms with Gasteiger partial charge in [-0.1, -0.05) is 27.7 Å². The fourth-order valence-corrected chi connectivity index (χ4v) is 2.18. The molecule has 0 saturated heterocycles. The summed E-state index contributed by atoms with van der Waals surface area (Å²) in [6.45, 7) is 8.39. The number of pyridine rings is 1. The lowest BCUT2D eigenvalue weighted by Crippen LogP contribution is -2.08. The SMILES string of the molecule is CCc1nc(CC)n(-c2cc(CCl)cc(C(C)C)n2)n1. The highest BCUT2D eigenvalue weighted by molar-refractivity contribution is 6.17. The molecular formula is C15H21ClN4. The van der Waals surface area contributed by atoms with Crippen molar-refractivity contribution in [1.29, 1.82) is 0 Å². The summed E-state index contributed by atoms with van der Waals surface area (Å²) in [5.41, 5.74) is 2.10. The van der Waals surface area contributed by atoms with E-state index in [1.54, 1.807) is 0 Å². The topological polar surface area (TPSA) is 43.6 Å². The number of hydrogen-bond acceptors (Lipinski definition) is 3. The van der Waals surface area contributed by atoms with Crippen LogP contribution >= 0.6 is 11.6 Å². The molecule has 108 valence electrons. The van der Waals surface area contributed by atoms with Crippen LogP contribution in [0.5, 0.6) is 0 Å². The minimum Gasteiger partial charge on any atom is -0.233 e. The first-order chi connectivity index (χ1) is 9.58. The molecule has 0 bridgehead atoms. The Labute approximate surface area is 125 Å². The second-order valence-electron chi connectivity index (χ2n) is 5.11. The van der Waals surface area contributed by atoms with Gasteiger partial charge in [-0.25, -0.2) is 9.97 Å². The predicted molar refractivity (Wildman–Crippen MR) is 81.6 cm³/mol. The summed E-state index contributed by atoms with van der Waals surface area (Å²) >= 11 is 6.00. The average Bonchev–Trinajstić information content (AvgIpc) is 2.90. The van der Waals surface area contributed by atoms with E-state index in [1.165, 1.54) is 0 Å².